The highest BCUT2D eigenvalue weighted by molar-refractivity contribution is 7.89. The van der Waals surface area contributed by atoms with Crippen molar-refractivity contribution in [1.82, 2.24) is 0 Å². The maximum Gasteiger partial charge on any atom is 0.238 e. The van der Waals surface area contributed by atoms with Crippen LogP contribution < -0.4 is 16.2 Å². The summed E-state index contributed by atoms with van der Waals surface area (Å²) < 4.78 is 22.6. The molecule has 0 heterocycles. The number of nitrogens with two attached hydrogens (primary N) is 2. The number of benzene rings is 1. The van der Waals surface area contributed by atoms with Gasteiger partial charge in [0.2, 0.25) is 10.0 Å². The summed E-state index contributed by atoms with van der Waals surface area (Å²) in [4.78, 5) is 0.00135. The van der Waals surface area contributed by atoms with Crippen molar-refractivity contribution < 1.29 is 13.5 Å². The maximum absolute atomic E-state index is 11.3. The first kappa shape index (κ1) is 14.1. The number of aliphatic hydroxyl groups excluding tert-OH is 1. The normalized spacial score (nSPS) is 23.5. The van der Waals surface area contributed by atoms with E-state index in [1.807, 2.05) is 0 Å². The van der Waals surface area contributed by atoms with Crippen LogP contribution in [0.1, 0.15) is 19.3 Å². The van der Waals surface area contributed by atoms with E-state index in [0.29, 0.717) is 23.8 Å². The number of sulfonamides is 1. The van der Waals surface area contributed by atoms with Crippen molar-refractivity contribution >= 4 is 21.4 Å². The minimum Gasteiger partial charge on any atom is -0.399 e. The van der Waals surface area contributed by atoms with Crippen molar-refractivity contribution in [3.05, 3.63) is 18.2 Å². The van der Waals surface area contributed by atoms with Crippen molar-refractivity contribution in [2.24, 2.45) is 11.1 Å². The predicted molar refractivity (Wildman–Crippen MR) is 74.1 cm³/mol. The Bertz CT molecular complexity index is 559. The van der Waals surface area contributed by atoms with Gasteiger partial charge in [0.05, 0.1) is 11.0 Å². The van der Waals surface area contributed by atoms with Crippen molar-refractivity contribution in [1.29, 1.82) is 0 Å². The smallest absolute Gasteiger partial charge is 0.238 e. The molecular formula is C12H19N3O3S. The van der Waals surface area contributed by atoms with Crippen LogP contribution in [-0.2, 0) is 10.0 Å². The first-order valence-electron chi connectivity index (χ1n) is 6.20. The summed E-state index contributed by atoms with van der Waals surface area (Å²) in [6, 6.07) is 4.47. The summed E-state index contributed by atoms with van der Waals surface area (Å²) in [6.45, 7) is 0.685. The second kappa shape index (κ2) is 5.36. The van der Waals surface area contributed by atoms with Crippen LogP contribution in [0.4, 0.5) is 11.4 Å². The number of anilines is 2. The average Bonchev–Trinajstić information content (AvgIpc) is 2.71. The van der Waals surface area contributed by atoms with Gasteiger partial charge >= 0.3 is 0 Å². The molecule has 2 rings (SSSR count). The zero-order valence-electron chi connectivity index (χ0n) is 10.5. The van der Waals surface area contributed by atoms with Gasteiger partial charge in [0.1, 0.15) is 0 Å². The minimum atomic E-state index is -3.75. The van der Waals surface area contributed by atoms with Gasteiger partial charge in [0, 0.05) is 17.9 Å². The molecule has 1 saturated carbocycles. The number of aliphatic hydroxyl groups is 1. The summed E-state index contributed by atoms with van der Waals surface area (Å²) in [5.41, 5.74) is 6.64. The molecule has 0 radical (unpaired) electrons. The summed E-state index contributed by atoms with van der Waals surface area (Å²) in [6.07, 6.45) is 2.36. The molecule has 0 amide bonds. The van der Waals surface area contributed by atoms with Crippen LogP contribution in [0, 0.1) is 5.92 Å². The van der Waals surface area contributed by atoms with E-state index in [0.717, 1.165) is 19.3 Å². The van der Waals surface area contributed by atoms with Crippen LogP contribution in [0.15, 0.2) is 23.1 Å². The fraction of sp³-hybridized carbons (Fsp3) is 0.500. The minimum absolute atomic E-state index is 0.00135. The Morgan fingerprint density at radius 1 is 1.32 bits per heavy atom. The highest BCUT2D eigenvalue weighted by Gasteiger charge is 2.22. The lowest BCUT2D eigenvalue weighted by molar-refractivity contribution is 0.178. The van der Waals surface area contributed by atoms with Gasteiger partial charge in [-0.25, -0.2) is 13.6 Å². The number of hydrogen-bond acceptors (Lipinski definition) is 5. The second-order valence-corrected chi connectivity index (χ2v) is 6.61. The molecule has 1 aliphatic rings. The molecule has 2 unspecified atom stereocenters. The van der Waals surface area contributed by atoms with E-state index in [-0.39, 0.29) is 11.0 Å². The van der Waals surface area contributed by atoms with E-state index in [4.69, 9.17) is 10.9 Å². The van der Waals surface area contributed by atoms with Gasteiger partial charge in [-0.15, -0.1) is 0 Å². The van der Waals surface area contributed by atoms with Crippen molar-refractivity contribution in [2.45, 2.75) is 30.3 Å². The third kappa shape index (κ3) is 3.82. The monoisotopic (exact) mass is 285 g/mol. The Kier molecular flexibility index (Phi) is 3.98. The van der Waals surface area contributed by atoms with E-state index in [1.54, 1.807) is 6.07 Å². The van der Waals surface area contributed by atoms with Gasteiger partial charge in [-0.3, -0.25) is 0 Å². The molecule has 19 heavy (non-hydrogen) atoms. The highest BCUT2D eigenvalue weighted by atomic mass is 32.2. The van der Waals surface area contributed by atoms with Crippen molar-refractivity contribution in [3.63, 3.8) is 0 Å². The molecule has 2 atom stereocenters. The Morgan fingerprint density at radius 3 is 2.63 bits per heavy atom. The molecule has 0 aromatic heterocycles. The zero-order chi connectivity index (χ0) is 14.0. The lowest BCUT2D eigenvalue weighted by atomic mass is 10.1. The van der Waals surface area contributed by atoms with Crippen LogP contribution in [-0.4, -0.2) is 26.2 Å². The number of hydrogen-bond donors (Lipinski definition) is 4. The van der Waals surface area contributed by atoms with Crippen LogP contribution in [0.2, 0.25) is 0 Å². The topological polar surface area (TPSA) is 118 Å². The van der Waals surface area contributed by atoms with Crippen LogP contribution >= 0.6 is 0 Å². The van der Waals surface area contributed by atoms with E-state index in [1.165, 1.54) is 12.1 Å². The Morgan fingerprint density at radius 2 is 2.05 bits per heavy atom. The molecule has 7 heteroatoms. The molecule has 1 aliphatic carbocycles. The van der Waals surface area contributed by atoms with E-state index in [2.05, 4.69) is 5.32 Å². The van der Waals surface area contributed by atoms with E-state index >= 15 is 0 Å². The number of nitrogen functional groups attached to an aromatic ring is 1. The Labute approximate surface area is 112 Å². The number of nitrogens with one attached hydrogen (secondary N) is 1. The summed E-state index contributed by atoms with van der Waals surface area (Å²) >= 11 is 0. The maximum atomic E-state index is 11.3. The fourth-order valence-corrected chi connectivity index (χ4v) is 2.98. The molecule has 1 aromatic carbocycles. The fourth-order valence-electron chi connectivity index (χ4n) is 2.38. The Balaban J connectivity index is 2.06. The molecule has 0 saturated heterocycles. The van der Waals surface area contributed by atoms with Crippen molar-refractivity contribution in [3.8, 4) is 0 Å². The quantitative estimate of drug-likeness (QED) is 0.600. The first-order valence-corrected chi connectivity index (χ1v) is 7.74. The van der Waals surface area contributed by atoms with Gasteiger partial charge in [0.15, 0.2) is 0 Å². The average molecular weight is 285 g/mol. The first-order chi connectivity index (χ1) is 8.84. The summed E-state index contributed by atoms with van der Waals surface area (Å²) in [5, 5.41) is 17.7. The third-order valence-electron chi connectivity index (χ3n) is 3.37. The molecule has 6 N–H and O–H groups in total. The summed E-state index contributed by atoms with van der Waals surface area (Å²) in [7, 11) is -3.75. The molecule has 0 aliphatic heterocycles. The predicted octanol–water partition coefficient (Wildman–Crippen LogP) is 0.489. The lowest BCUT2D eigenvalue weighted by Gasteiger charge is -2.13. The standard InChI is InChI=1S/C12H19N3O3S/c13-9-4-10(6-12(5-9)19(14,17)18)15-7-8-1-2-11(16)3-8/h4-6,8,11,15-16H,1-3,7,13H2,(H2,14,17,18). The van der Waals surface area contributed by atoms with E-state index in [9.17, 15) is 13.5 Å². The molecule has 106 valence electrons. The molecule has 0 spiro atoms. The van der Waals surface area contributed by atoms with Gasteiger partial charge in [-0.1, -0.05) is 0 Å². The molecule has 1 aromatic rings. The molecule has 0 bridgehead atoms. The Hall–Kier alpha value is -1.31. The lowest BCUT2D eigenvalue weighted by Crippen LogP contribution is -2.15. The van der Waals surface area contributed by atoms with Crippen LogP contribution in [0.25, 0.3) is 0 Å². The van der Waals surface area contributed by atoms with Gasteiger partial charge in [-0.2, -0.15) is 0 Å². The van der Waals surface area contributed by atoms with E-state index < -0.39 is 10.0 Å². The third-order valence-corrected chi connectivity index (χ3v) is 4.26. The zero-order valence-corrected chi connectivity index (χ0v) is 11.4. The molecule has 6 nitrogen and oxygen atoms in total. The van der Waals surface area contributed by atoms with Crippen LogP contribution in [0.5, 0.6) is 0 Å². The SMILES string of the molecule is Nc1cc(NCC2CCC(O)C2)cc(S(N)(=O)=O)c1. The largest absolute Gasteiger partial charge is 0.399 e. The summed E-state index contributed by atoms with van der Waals surface area (Å²) in [5.74, 6) is 0.398. The van der Waals surface area contributed by atoms with Gasteiger partial charge in [0.25, 0.3) is 0 Å². The number of rotatable bonds is 4. The van der Waals surface area contributed by atoms with Gasteiger partial charge in [-0.05, 0) is 43.4 Å². The van der Waals surface area contributed by atoms with Gasteiger partial charge < -0.3 is 16.2 Å². The second-order valence-electron chi connectivity index (χ2n) is 5.05. The molecular weight excluding hydrogens is 266 g/mol. The van der Waals surface area contributed by atoms with Crippen molar-refractivity contribution in [2.75, 3.05) is 17.6 Å². The highest BCUT2D eigenvalue weighted by Crippen LogP contribution is 2.26. The van der Waals surface area contributed by atoms with Crippen LogP contribution in [0.3, 0.4) is 0 Å². The molecule has 1 fully saturated rings. The number of primary sulfonamides is 1.